The van der Waals surface area contributed by atoms with Gasteiger partial charge < -0.3 is 19.4 Å². The molecule has 3 rings (SSSR count). The number of esters is 2. The number of aromatic nitrogens is 1. The molecule has 8 heteroatoms. The number of pyridine rings is 1. The van der Waals surface area contributed by atoms with Gasteiger partial charge in [-0.1, -0.05) is 12.1 Å². The zero-order chi connectivity index (χ0) is 21.1. The molecule has 2 aromatic carbocycles. The first-order chi connectivity index (χ1) is 13.8. The molecular formula is C21H18N2O6. The first-order valence-corrected chi connectivity index (χ1v) is 8.57. The molecule has 0 aliphatic heterocycles. The Hall–Kier alpha value is -3.94. The number of ether oxygens (including phenoxy) is 2. The summed E-state index contributed by atoms with van der Waals surface area (Å²) < 4.78 is 11.0. The smallest absolute Gasteiger partial charge is 0.337 e. The molecule has 8 nitrogen and oxygen atoms in total. The Kier molecular flexibility index (Phi) is 5.45. The van der Waals surface area contributed by atoms with E-state index >= 15 is 0 Å². The van der Waals surface area contributed by atoms with Crippen LogP contribution in [0.3, 0.4) is 0 Å². The van der Waals surface area contributed by atoms with Crippen LogP contribution in [0.15, 0.2) is 53.5 Å². The van der Waals surface area contributed by atoms with Crippen LogP contribution in [0.2, 0.25) is 0 Å². The van der Waals surface area contributed by atoms with Gasteiger partial charge in [-0.3, -0.25) is 9.59 Å². The lowest BCUT2D eigenvalue weighted by Crippen LogP contribution is -2.23. The SMILES string of the molecule is COC(=O)c1cc(NC(=O)c2cn(C)c3ccccc3c2=O)cc(C(=O)OC)c1. The molecule has 148 valence electrons. The summed E-state index contributed by atoms with van der Waals surface area (Å²) in [5.74, 6) is -2.05. The number of anilines is 1. The number of nitrogens with one attached hydrogen (secondary N) is 1. The third-order valence-electron chi connectivity index (χ3n) is 4.37. The van der Waals surface area contributed by atoms with E-state index in [1.807, 2.05) is 0 Å². The highest BCUT2D eigenvalue weighted by molar-refractivity contribution is 6.07. The van der Waals surface area contributed by atoms with Gasteiger partial charge in [-0.15, -0.1) is 0 Å². The van der Waals surface area contributed by atoms with E-state index in [0.29, 0.717) is 10.9 Å². The van der Waals surface area contributed by atoms with E-state index < -0.39 is 23.3 Å². The number of carbonyl (C=O) groups excluding carboxylic acids is 3. The fourth-order valence-corrected chi connectivity index (χ4v) is 2.97. The lowest BCUT2D eigenvalue weighted by molar-refractivity contribution is 0.0599. The molecule has 29 heavy (non-hydrogen) atoms. The third-order valence-corrected chi connectivity index (χ3v) is 4.37. The molecule has 0 aliphatic carbocycles. The minimum absolute atomic E-state index is 0.0529. The number of rotatable bonds is 4. The molecule has 3 aromatic rings. The maximum atomic E-state index is 12.8. The van der Waals surface area contributed by atoms with Crippen molar-refractivity contribution in [2.24, 2.45) is 7.05 Å². The molecule has 0 saturated heterocycles. The monoisotopic (exact) mass is 394 g/mol. The van der Waals surface area contributed by atoms with E-state index in [1.165, 1.54) is 38.6 Å². The van der Waals surface area contributed by atoms with E-state index in [4.69, 9.17) is 0 Å². The topological polar surface area (TPSA) is 104 Å². The van der Waals surface area contributed by atoms with E-state index in [-0.39, 0.29) is 22.4 Å². The van der Waals surface area contributed by atoms with Crippen molar-refractivity contribution in [3.63, 3.8) is 0 Å². The second-order valence-corrected chi connectivity index (χ2v) is 6.24. The summed E-state index contributed by atoms with van der Waals surface area (Å²) in [5, 5.41) is 2.97. The highest BCUT2D eigenvalue weighted by atomic mass is 16.5. The van der Waals surface area contributed by atoms with Crippen LogP contribution in [0, 0.1) is 0 Å². The second kappa shape index (κ2) is 7.97. The van der Waals surface area contributed by atoms with Gasteiger partial charge in [0.2, 0.25) is 5.43 Å². The first kappa shape index (κ1) is 19.8. The van der Waals surface area contributed by atoms with E-state index in [2.05, 4.69) is 14.8 Å². The number of nitrogens with zero attached hydrogens (tertiary/aromatic N) is 1. The number of carbonyl (C=O) groups is 3. The Morgan fingerprint density at radius 1 is 0.931 bits per heavy atom. The van der Waals surface area contributed by atoms with E-state index in [9.17, 15) is 19.2 Å². The zero-order valence-electron chi connectivity index (χ0n) is 16.0. The molecule has 1 heterocycles. The standard InChI is InChI=1S/C21H18N2O6/c1-23-11-16(18(24)15-6-4-5-7-17(15)23)19(25)22-14-9-12(20(26)28-2)8-13(10-14)21(27)29-3/h4-11H,1-3H3,(H,22,25). The van der Waals surface area contributed by atoms with Crippen LogP contribution in [-0.2, 0) is 16.5 Å². The molecule has 0 unspecified atom stereocenters. The third kappa shape index (κ3) is 3.86. The molecular weight excluding hydrogens is 376 g/mol. The number of benzene rings is 2. The van der Waals surface area contributed by atoms with Gasteiger partial charge >= 0.3 is 11.9 Å². The first-order valence-electron chi connectivity index (χ1n) is 8.57. The van der Waals surface area contributed by atoms with Gasteiger partial charge in [-0.25, -0.2) is 9.59 Å². The average molecular weight is 394 g/mol. The maximum absolute atomic E-state index is 12.8. The Balaban J connectivity index is 2.04. The highest BCUT2D eigenvalue weighted by Crippen LogP contribution is 2.18. The van der Waals surface area contributed by atoms with Crippen LogP contribution in [0.5, 0.6) is 0 Å². The lowest BCUT2D eigenvalue weighted by Gasteiger charge is -2.11. The van der Waals surface area contributed by atoms with Gasteiger partial charge in [-0.05, 0) is 30.3 Å². The van der Waals surface area contributed by atoms with Crippen LogP contribution in [-0.4, -0.2) is 36.6 Å². The van der Waals surface area contributed by atoms with Crippen LogP contribution in [0.4, 0.5) is 5.69 Å². The number of fused-ring (bicyclic) bond motifs is 1. The van der Waals surface area contributed by atoms with Crippen molar-refractivity contribution in [1.29, 1.82) is 0 Å². The van der Waals surface area contributed by atoms with Crippen molar-refractivity contribution < 1.29 is 23.9 Å². The van der Waals surface area contributed by atoms with E-state index in [0.717, 1.165) is 0 Å². The normalized spacial score (nSPS) is 10.4. The summed E-state index contributed by atoms with van der Waals surface area (Å²) in [7, 11) is 4.13. The Morgan fingerprint density at radius 2 is 1.52 bits per heavy atom. The fraction of sp³-hybridized carbons (Fsp3) is 0.143. The summed E-state index contributed by atoms with van der Waals surface area (Å²) in [5.41, 5.74) is 0.445. The molecule has 0 fully saturated rings. The average Bonchev–Trinajstić information content (AvgIpc) is 2.74. The van der Waals surface area contributed by atoms with Crippen LogP contribution in [0.25, 0.3) is 10.9 Å². The summed E-state index contributed by atoms with van der Waals surface area (Å²) in [6, 6.07) is 10.9. The Labute approximate surface area is 165 Å². The quantitative estimate of drug-likeness (QED) is 0.682. The Morgan fingerprint density at radius 3 is 2.10 bits per heavy atom. The zero-order valence-corrected chi connectivity index (χ0v) is 16.0. The highest BCUT2D eigenvalue weighted by Gasteiger charge is 2.18. The molecule has 0 saturated carbocycles. The predicted molar refractivity (Wildman–Crippen MR) is 106 cm³/mol. The maximum Gasteiger partial charge on any atom is 0.337 e. The van der Waals surface area contributed by atoms with Crippen molar-refractivity contribution in [1.82, 2.24) is 4.57 Å². The summed E-state index contributed by atoms with van der Waals surface area (Å²) in [6.45, 7) is 0. The minimum atomic E-state index is -0.687. The van der Waals surface area contributed by atoms with Crippen molar-refractivity contribution in [3.05, 3.63) is 75.6 Å². The number of aryl methyl sites for hydroxylation is 1. The van der Waals surface area contributed by atoms with E-state index in [1.54, 1.807) is 35.9 Å². The largest absolute Gasteiger partial charge is 0.465 e. The van der Waals surface area contributed by atoms with Gasteiger partial charge in [-0.2, -0.15) is 0 Å². The number of hydrogen-bond acceptors (Lipinski definition) is 6. The number of amides is 1. The molecule has 0 radical (unpaired) electrons. The van der Waals surface area contributed by atoms with Gasteiger partial charge in [0.25, 0.3) is 5.91 Å². The molecule has 0 bridgehead atoms. The summed E-state index contributed by atoms with van der Waals surface area (Å²) >= 11 is 0. The predicted octanol–water partition coefficient (Wildman–Crippen LogP) is 2.36. The van der Waals surface area contributed by atoms with Crippen molar-refractivity contribution in [3.8, 4) is 0 Å². The van der Waals surface area contributed by atoms with Crippen molar-refractivity contribution in [2.45, 2.75) is 0 Å². The van der Waals surface area contributed by atoms with Gasteiger partial charge in [0.1, 0.15) is 5.56 Å². The Bertz CT molecular complexity index is 1160. The van der Waals surface area contributed by atoms with Crippen molar-refractivity contribution in [2.75, 3.05) is 19.5 Å². The number of para-hydroxylation sites is 1. The summed E-state index contributed by atoms with van der Waals surface area (Å²) in [6.07, 6.45) is 1.44. The minimum Gasteiger partial charge on any atom is -0.465 e. The molecule has 1 N–H and O–H groups in total. The summed E-state index contributed by atoms with van der Waals surface area (Å²) in [4.78, 5) is 49.3. The second-order valence-electron chi connectivity index (χ2n) is 6.24. The van der Waals surface area contributed by atoms with Crippen LogP contribution < -0.4 is 10.7 Å². The molecule has 0 atom stereocenters. The molecule has 0 aliphatic rings. The van der Waals surface area contributed by atoms with Gasteiger partial charge in [0.05, 0.1) is 30.9 Å². The fourth-order valence-electron chi connectivity index (χ4n) is 2.97. The molecule has 1 aromatic heterocycles. The van der Waals surface area contributed by atoms with Crippen LogP contribution >= 0.6 is 0 Å². The van der Waals surface area contributed by atoms with Crippen molar-refractivity contribution >= 4 is 34.4 Å². The molecule has 1 amide bonds. The number of hydrogen-bond donors (Lipinski definition) is 1. The number of methoxy groups -OCH3 is 2. The van der Waals surface area contributed by atoms with Crippen LogP contribution in [0.1, 0.15) is 31.1 Å². The van der Waals surface area contributed by atoms with Gasteiger partial charge in [0, 0.05) is 24.3 Å². The lowest BCUT2D eigenvalue weighted by atomic mass is 10.1. The molecule has 0 spiro atoms. The van der Waals surface area contributed by atoms with Gasteiger partial charge in [0.15, 0.2) is 0 Å².